The first kappa shape index (κ1) is 18.6. The number of benzene rings is 2. The Morgan fingerprint density at radius 3 is 2.80 bits per heavy atom. The highest BCUT2D eigenvalue weighted by molar-refractivity contribution is 6.06. The highest BCUT2D eigenvalue weighted by Crippen LogP contribution is 2.32. The van der Waals surface area contributed by atoms with Crippen LogP contribution in [0.3, 0.4) is 0 Å². The van der Waals surface area contributed by atoms with Crippen LogP contribution in [0, 0.1) is 0 Å². The first-order valence-electron chi connectivity index (χ1n) is 10.0. The average Bonchev–Trinajstić information content (AvgIpc) is 3.42. The van der Waals surface area contributed by atoms with Crippen molar-refractivity contribution >= 4 is 34.2 Å². The molecule has 5 rings (SSSR count). The Hall–Kier alpha value is -3.45. The molecule has 3 heterocycles. The molecular weight excluding hydrogens is 384 g/mol. The molecule has 0 saturated carbocycles. The third-order valence-corrected chi connectivity index (χ3v) is 5.60. The van der Waals surface area contributed by atoms with Crippen LogP contribution in [0.1, 0.15) is 28.8 Å². The van der Waals surface area contributed by atoms with E-state index in [0.717, 1.165) is 30.5 Å². The summed E-state index contributed by atoms with van der Waals surface area (Å²) in [7, 11) is 0. The Morgan fingerprint density at radius 1 is 1.10 bits per heavy atom. The molecule has 2 aliphatic rings. The maximum absolute atomic E-state index is 12.8. The fourth-order valence-electron chi connectivity index (χ4n) is 4.05. The van der Waals surface area contributed by atoms with E-state index in [1.165, 1.54) is 6.07 Å². The zero-order valence-electron chi connectivity index (χ0n) is 16.2. The molecule has 0 bridgehead atoms. The minimum atomic E-state index is -0.692. The number of rotatable bonds is 3. The number of fused-ring (bicyclic) bond motifs is 2. The van der Waals surface area contributed by atoms with Gasteiger partial charge in [0.15, 0.2) is 0 Å². The van der Waals surface area contributed by atoms with Gasteiger partial charge in [-0.1, -0.05) is 24.3 Å². The van der Waals surface area contributed by atoms with Crippen molar-refractivity contribution in [1.29, 1.82) is 0 Å². The van der Waals surface area contributed by atoms with E-state index in [-0.39, 0.29) is 11.5 Å². The average molecular weight is 404 g/mol. The van der Waals surface area contributed by atoms with Crippen molar-refractivity contribution in [1.82, 2.24) is 0 Å². The number of carbonyl (C=O) groups is 2. The molecule has 0 spiro atoms. The van der Waals surface area contributed by atoms with Gasteiger partial charge in [-0.2, -0.15) is 0 Å². The second kappa shape index (κ2) is 7.42. The summed E-state index contributed by atoms with van der Waals surface area (Å²) in [6.07, 6.45) is 1.99. The SMILES string of the molecule is O=C(Nc1ccc2c(c1)N(C(=O)[C@H]1CCCO1)CC2)c1cc2ccccc2oc1=O. The Bertz CT molecular complexity index is 1210. The lowest BCUT2D eigenvalue weighted by Gasteiger charge is -2.21. The third kappa shape index (κ3) is 3.27. The molecule has 2 aromatic carbocycles. The lowest BCUT2D eigenvalue weighted by Crippen LogP contribution is -2.37. The molecule has 1 N–H and O–H groups in total. The van der Waals surface area contributed by atoms with Crippen molar-refractivity contribution in [2.75, 3.05) is 23.4 Å². The molecule has 1 saturated heterocycles. The van der Waals surface area contributed by atoms with E-state index in [1.54, 1.807) is 35.2 Å². The minimum absolute atomic E-state index is 0.0371. The molecule has 7 nitrogen and oxygen atoms in total. The fourth-order valence-corrected chi connectivity index (χ4v) is 4.05. The number of para-hydroxylation sites is 1. The molecule has 2 aliphatic heterocycles. The minimum Gasteiger partial charge on any atom is -0.422 e. The van der Waals surface area contributed by atoms with Gasteiger partial charge >= 0.3 is 5.63 Å². The summed E-state index contributed by atoms with van der Waals surface area (Å²) < 4.78 is 10.8. The van der Waals surface area contributed by atoms with Crippen molar-refractivity contribution < 1.29 is 18.7 Å². The van der Waals surface area contributed by atoms with Gasteiger partial charge in [0.2, 0.25) is 0 Å². The van der Waals surface area contributed by atoms with Crippen LogP contribution < -0.4 is 15.8 Å². The summed E-state index contributed by atoms with van der Waals surface area (Å²) in [6.45, 7) is 1.21. The zero-order chi connectivity index (χ0) is 20.7. The first-order valence-corrected chi connectivity index (χ1v) is 10.0. The maximum atomic E-state index is 12.8. The molecule has 7 heteroatoms. The van der Waals surface area contributed by atoms with Gasteiger partial charge in [-0.3, -0.25) is 9.59 Å². The molecule has 30 heavy (non-hydrogen) atoms. The van der Waals surface area contributed by atoms with Gasteiger partial charge in [-0.15, -0.1) is 0 Å². The van der Waals surface area contributed by atoms with E-state index < -0.39 is 17.6 Å². The van der Waals surface area contributed by atoms with Crippen LogP contribution in [0.2, 0.25) is 0 Å². The largest absolute Gasteiger partial charge is 0.422 e. The van der Waals surface area contributed by atoms with Crippen LogP contribution in [0.15, 0.2) is 57.7 Å². The molecule has 0 aliphatic carbocycles. The summed E-state index contributed by atoms with van der Waals surface area (Å²) >= 11 is 0. The standard InChI is InChI=1S/C23H20N2O5/c26-21(17-12-15-4-1-2-5-19(15)30-23(17)28)24-16-8-7-14-9-10-25(18(14)13-16)22(27)20-6-3-11-29-20/h1-2,4-5,7-8,12-13,20H,3,6,9-11H2,(H,24,26)/t20-/m1/s1. The second-order valence-corrected chi connectivity index (χ2v) is 7.52. The quantitative estimate of drug-likeness (QED) is 0.678. The van der Waals surface area contributed by atoms with Crippen LogP contribution in [0.25, 0.3) is 11.0 Å². The van der Waals surface area contributed by atoms with E-state index in [2.05, 4.69) is 5.32 Å². The summed E-state index contributed by atoms with van der Waals surface area (Å²) in [6, 6.07) is 14.0. The van der Waals surface area contributed by atoms with Crippen LogP contribution in [-0.4, -0.2) is 31.1 Å². The molecule has 2 amide bonds. The van der Waals surface area contributed by atoms with Crippen molar-refractivity contribution in [3.63, 3.8) is 0 Å². The van der Waals surface area contributed by atoms with Gasteiger partial charge in [0, 0.05) is 29.9 Å². The number of hydrogen-bond donors (Lipinski definition) is 1. The lowest BCUT2D eigenvalue weighted by atomic mass is 10.1. The first-order chi connectivity index (χ1) is 14.6. The highest BCUT2D eigenvalue weighted by atomic mass is 16.5. The summed E-state index contributed by atoms with van der Waals surface area (Å²) in [5.41, 5.74) is 2.01. The Kier molecular flexibility index (Phi) is 4.59. The van der Waals surface area contributed by atoms with E-state index >= 15 is 0 Å². The normalized spacial score (nSPS) is 17.9. The van der Waals surface area contributed by atoms with Crippen LogP contribution in [-0.2, 0) is 16.0 Å². The molecular formula is C23H20N2O5. The van der Waals surface area contributed by atoms with Gasteiger partial charge in [-0.05, 0) is 49.1 Å². The number of anilines is 2. The number of carbonyl (C=O) groups excluding carboxylic acids is 2. The molecule has 3 aromatic rings. The Balaban J connectivity index is 1.40. The molecule has 152 valence electrons. The monoisotopic (exact) mass is 404 g/mol. The number of hydrogen-bond acceptors (Lipinski definition) is 5. The molecule has 0 radical (unpaired) electrons. The lowest BCUT2D eigenvalue weighted by molar-refractivity contribution is -0.127. The zero-order valence-corrected chi connectivity index (χ0v) is 16.2. The van der Waals surface area contributed by atoms with Crippen LogP contribution in [0.4, 0.5) is 11.4 Å². The number of nitrogens with zero attached hydrogens (tertiary/aromatic N) is 1. The van der Waals surface area contributed by atoms with Crippen molar-refractivity contribution in [2.45, 2.75) is 25.4 Å². The van der Waals surface area contributed by atoms with E-state index in [4.69, 9.17) is 9.15 Å². The van der Waals surface area contributed by atoms with Crippen molar-refractivity contribution in [3.8, 4) is 0 Å². The van der Waals surface area contributed by atoms with E-state index in [9.17, 15) is 14.4 Å². The smallest absolute Gasteiger partial charge is 0.349 e. The molecule has 1 atom stereocenters. The van der Waals surface area contributed by atoms with E-state index in [1.807, 2.05) is 12.1 Å². The number of amides is 2. The van der Waals surface area contributed by atoms with Crippen molar-refractivity contribution in [2.24, 2.45) is 0 Å². The fraction of sp³-hybridized carbons (Fsp3) is 0.261. The predicted molar refractivity (Wildman–Crippen MR) is 112 cm³/mol. The van der Waals surface area contributed by atoms with Crippen LogP contribution >= 0.6 is 0 Å². The molecule has 1 fully saturated rings. The van der Waals surface area contributed by atoms with Gasteiger partial charge in [0.25, 0.3) is 11.8 Å². The number of ether oxygens (including phenoxy) is 1. The number of nitrogens with one attached hydrogen (secondary N) is 1. The Labute approximate surface area is 172 Å². The predicted octanol–water partition coefficient (Wildman–Crippen LogP) is 3.11. The van der Waals surface area contributed by atoms with Crippen molar-refractivity contribution in [3.05, 3.63) is 70.1 Å². The second-order valence-electron chi connectivity index (χ2n) is 7.52. The van der Waals surface area contributed by atoms with Gasteiger partial charge < -0.3 is 19.4 Å². The molecule has 0 unspecified atom stereocenters. The molecule has 1 aromatic heterocycles. The highest BCUT2D eigenvalue weighted by Gasteiger charge is 2.32. The summed E-state index contributed by atoms with van der Waals surface area (Å²) in [5, 5.41) is 3.43. The van der Waals surface area contributed by atoms with E-state index in [0.29, 0.717) is 29.8 Å². The third-order valence-electron chi connectivity index (χ3n) is 5.60. The van der Waals surface area contributed by atoms with Gasteiger partial charge in [0.1, 0.15) is 17.3 Å². The van der Waals surface area contributed by atoms with Crippen LogP contribution in [0.5, 0.6) is 0 Å². The Morgan fingerprint density at radius 2 is 1.97 bits per heavy atom. The maximum Gasteiger partial charge on any atom is 0.349 e. The summed E-state index contributed by atoms with van der Waals surface area (Å²) in [4.78, 5) is 39.5. The summed E-state index contributed by atoms with van der Waals surface area (Å²) in [5.74, 6) is -0.589. The topological polar surface area (TPSA) is 88.8 Å². The van der Waals surface area contributed by atoms with Gasteiger partial charge in [-0.25, -0.2) is 4.79 Å². The van der Waals surface area contributed by atoms with Gasteiger partial charge in [0.05, 0.1) is 0 Å².